The number of anilines is 2. The zero-order valence-corrected chi connectivity index (χ0v) is 17.0. The van der Waals surface area contributed by atoms with Gasteiger partial charge in [-0.1, -0.05) is 42.8 Å². The van der Waals surface area contributed by atoms with E-state index in [0.717, 1.165) is 29.8 Å². The van der Waals surface area contributed by atoms with Crippen molar-refractivity contribution in [2.75, 3.05) is 23.7 Å². The van der Waals surface area contributed by atoms with Crippen molar-refractivity contribution in [2.24, 2.45) is 11.8 Å². The average molecular weight is 400 g/mol. The molecule has 1 aliphatic rings. The van der Waals surface area contributed by atoms with Crippen LogP contribution in [-0.4, -0.2) is 29.9 Å². The number of likely N-dealkylation sites (tertiary alicyclic amines) is 1. The van der Waals surface area contributed by atoms with Gasteiger partial charge in [-0.25, -0.2) is 4.79 Å². The predicted octanol–water partition coefficient (Wildman–Crippen LogP) is 5.17. The van der Waals surface area contributed by atoms with Crippen LogP contribution < -0.4 is 10.6 Å². The minimum absolute atomic E-state index is 0.00227. The zero-order chi connectivity index (χ0) is 20.1. The maximum atomic E-state index is 12.7. The van der Waals surface area contributed by atoms with Crippen LogP contribution in [0.4, 0.5) is 16.2 Å². The van der Waals surface area contributed by atoms with Gasteiger partial charge in [0.05, 0.1) is 0 Å². The number of carbonyl (C=O) groups excluding carboxylic acids is 2. The maximum absolute atomic E-state index is 12.7. The van der Waals surface area contributed by atoms with Gasteiger partial charge in [0, 0.05) is 35.4 Å². The molecule has 0 bridgehead atoms. The highest BCUT2D eigenvalue weighted by Gasteiger charge is 2.30. The molecule has 1 atom stereocenters. The number of aryl methyl sites for hydroxylation is 1. The lowest BCUT2D eigenvalue weighted by atomic mass is 9.85. The summed E-state index contributed by atoms with van der Waals surface area (Å²) in [7, 11) is 0. The number of carbonyl (C=O) groups is 2. The van der Waals surface area contributed by atoms with E-state index in [-0.39, 0.29) is 23.8 Å². The van der Waals surface area contributed by atoms with Crippen LogP contribution in [0.1, 0.15) is 25.3 Å². The molecule has 0 spiro atoms. The van der Waals surface area contributed by atoms with Crippen molar-refractivity contribution in [1.29, 1.82) is 0 Å². The molecule has 28 heavy (non-hydrogen) atoms. The van der Waals surface area contributed by atoms with Gasteiger partial charge in [0.2, 0.25) is 5.91 Å². The van der Waals surface area contributed by atoms with Crippen LogP contribution in [0.15, 0.2) is 48.5 Å². The molecule has 3 amide bonds. The van der Waals surface area contributed by atoms with E-state index < -0.39 is 0 Å². The first kappa shape index (κ1) is 20.2. The van der Waals surface area contributed by atoms with Crippen molar-refractivity contribution < 1.29 is 9.59 Å². The number of para-hydroxylation sites is 1. The van der Waals surface area contributed by atoms with E-state index in [0.29, 0.717) is 18.1 Å². The van der Waals surface area contributed by atoms with Gasteiger partial charge in [-0.15, -0.1) is 0 Å². The Morgan fingerprint density at radius 3 is 2.43 bits per heavy atom. The Balaban J connectivity index is 1.51. The molecule has 0 aromatic heterocycles. The standard InChI is InChI=1S/C22H26ClN3O2/c1-15-8-9-18(23)14-20(15)25-21(27)16(2)17-10-12-26(13-11-17)22(28)24-19-6-4-3-5-7-19/h3-9,14,16-17H,10-13H2,1-2H3,(H,24,28)(H,25,27). The third-order valence-electron chi connectivity index (χ3n) is 5.43. The second-order valence-electron chi connectivity index (χ2n) is 7.36. The number of piperidine rings is 1. The summed E-state index contributed by atoms with van der Waals surface area (Å²) in [5.41, 5.74) is 2.53. The summed E-state index contributed by atoms with van der Waals surface area (Å²) in [6, 6.07) is 14.8. The average Bonchev–Trinajstić information content (AvgIpc) is 2.71. The maximum Gasteiger partial charge on any atom is 0.321 e. The second-order valence-corrected chi connectivity index (χ2v) is 7.79. The lowest BCUT2D eigenvalue weighted by Gasteiger charge is -2.34. The summed E-state index contributed by atoms with van der Waals surface area (Å²) in [5, 5.41) is 6.52. The van der Waals surface area contributed by atoms with Crippen LogP contribution in [0, 0.1) is 18.8 Å². The van der Waals surface area contributed by atoms with Gasteiger partial charge in [-0.3, -0.25) is 4.79 Å². The van der Waals surface area contributed by atoms with E-state index in [2.05, 4.69) is 10.6 Å². The van der Waals surface area contributed by atoms with Crippen LogP contribution in [-0.2, 0) is 4.79 Å². The summed E-state index contributed by atoms with van der Waals surface area (Å²) < 4.78 is 0. The summed E-state index contributed by atoms with van der Waals surface area (Å²) in [4.78, 5) is 26.9. The summed E-state index contributed by atoms with van der Waals surface area (Å²) in [6.45, 7) is 5.20. The van der Waals surface area contributed by atoms with Crippen LogP contribution in [0.3, 0.4) is 0 Å². The number of hydrogen-bond acceptors (Lipinski definition) is 2. The third kappa shape index (κ3) is 5.04. The molecule has 2 aromatic carbocycles. The first-order valence-electron chi connectivity index (χ1n) is 9.62. The fourth-order valence-electron chi connectivity index (χ4n) is 3.52. The monoisotopic (exact) mass is 399 g/mol. The fraction of sp³-hybridized carbons (Fsp3) is 0.364. The molecule has 5 nitrogen and oxygen atoms in total. The lowest BCUT2D eigenvalue weighted by molar-refractivity contribution is -0.121. The molecule has 1 aliphatic heterocycles. The first-order chi connectivity index (χ1) is 13.4. The van der Waals surface area contributed by atoms with Crippen molar-refractivity contribution in [1.82, 2.24) is 4.90 Å². The second kappa shape index (κ2) is 9.11. The number of hydrogen-bond donors (Lipinski definition) is 2. The minimum atomic E-state index is -0.127. The van der Waals surface area contributed by atoms with E-state index in [1.54, 1.807) is 6.07 Å². The van der Waals surface area contributed by atoms with Gasteiger partial charge in [-0.05, 0) is 55.5 Å². The Bertz CT molecular complexity index is 833. The molecule has 148 valence electrons. The summed E-state index contributed by atoms with van der Waals surface area (Å²) in [5.74, 6) is 0.121. The van der Waals surface area contributed by atoms with Gasteiger partial charge in [0.1, 0.15) is 0 Å². The quantitative estimate of drug-likeness (QED) is 0.745. The van der Waals surface area contributed by atoms with Crippen LogP contribution in [0.5, 0.6) is 0 Å². The molecular formula is C22H26ClN3O2. The first-order valence-corrected chi connectivity index (χ1v) is 10.00. The number of benzene rings is 2. The summed E-state index contributed by atoms with van der Waals surface area (Å²) >= 11 is 6.04. The van der Waals surface area contributed by atoms with Crippen LogP contribution in [0.2, 0.25) is 5.02 Å². The number of rotatable bonds is 4. The summed E-state index contributed by atoms with van der Waals surface area (Å²) in [6.07, 6.45) is 1.62. The normalized spacial score (nSPS) is 15.8. The zero-order valence-electron chi connectivity index (χ0n) is 16.2. The highest BCUT2D eigenvalue weighted by molar-refractivity contribution is 6.31. The number of nitrogens with zero attached hydrogens (tertiary/aromatic N) is 1. The van der Waals surface area contributed by atoms with Crippen LogP contribution in [0.25, 0.3) is 0 Å². The van der Waals surface area contributed by atoms with E-state index in [1.807, 2.05) is 61.2 Å². The van der Waals surface area contributed by atoms with Crippen molar-refractivity contribution >= 4 is 34.9 Å². The molecule has 2 aromatic rings. The van der Waals surface area contributed by atoms with Gasteiger partial charge >= 0.3 is 6.03 Å². The number of nitrogens with one attached hydrogen (secondary N) is 2. The number of halogens is 1. The molecule has 1 heterocycles. The third-order valence-corrected chi connectivity index (χ3v) is 5.67. The van der Waals surface area contributed by atoms with E-state index >= 15 is 0 Å². The molecule has 3 rings (SSSR count). The molecule has 6 heteroatoms. The Morgan fingerprint density at radius 2 is 1.75 bits per heavy atom. The van der Waals surface area contributed by atoms with Gasteiger partial charge in [0.15, 0.2) is 0 Å². The van der Waals surface area contributed by atoms with Gasteiger partial charge < -0.3 is 15.5 Å². The number of amides is 3. The Morgan fingerprint density at radius 1 is 1.07 bits per heavy atom. The van der Waals surface area contributed by atoms with Gasteiger partial charge in [0.25, 0.3) is 0 Å². The predicted molar refractivity (Wildman–Crippen MR) is 114 cm³/mol. The highest BCUT2D eigenvalue weighted by atomic mass is 35.5. The van der Waals surface area contributed by atoms with Gasteiger partial charge in [-0.2, -0.15) is 0 Å². The topological polar surface area (TPSA) is 61.4 Å². The lowest BCUT2D eigenvalue weighted by Crippen LogP contribution is -2.43. The van der Waals surface area contributed by atoms with Crippen molar-refractivity contribution in [3.8, 4) is 0 Å². The smallest absolute Gasteiger partial charge is 0.321 e. The molecular weight excluding hydrogens is 374 g/mol. The van der Waals surface area contributed by atoms with E-state index in [9.17, 15) is 9.59 Å². The number of urea groups is 1. The Hall–Kier alpha value is -2.53. The Kier molecular flexibility index (Phi) is 6.57. The molecule has 1 unspecified atom stereocenters. The van der Waals surface area contributed by atoms with E-state index in [4.69, 9.17) is 11.6 Å². The molecule has 0 aliphatic carbocycles. The Labute approximate surface area is 171 Å². The SMILES string of the molecule is Cc1ccc(Cl)cc1NC(=O)C(C)C1CCN(C(=O)Nc2ccccc2)CC1. The minimum Gasteiger partial charge on any atom is -0.326 e. The largest absolute Gasteiger partial charge is 0.326 e. The molecule has 1 fully saturated rings. The molecule has 2 N–H and O–H groups in total. The molecule has 0 saturated carbocycles. The molecule has 1 saturated heterocycles. The van der Waals surface area contributed by atoms with Crippen LogP contribution >= 0.6 is 11.6 Å². The molecule has 0 radical (unpaired) electrons. The van der Waals surface area contributed by atoms with Crippen molar-refractivity contribution in [2.45, 2.75) is 26.7 Å². The van der Waals surface area contributed by atoms with E-state index in [1.165, 1.54) is 0 Å². The van der Waals surface area contributed by atoms with Crippen molar-refractivity contribution in [3.05, 3.63) is 59.1 Å². The highest BCUT2D eigenvalue weighted by Crippen LogP contribution is 2.28. The van der Waals surface area contributed by atoms with Crippen molar-refractivity contribution in [3.63, 3.8) is 0 Å². The fourth-order valence-corrected chi connectivity index (χ4v) is 3.69.